The molecule has 1 unspecified atom stereocenters. The van der Waals surface area contributed by atoms with E-state index in [1.54, 1.807) is 22.5 Å². The monoisotopic (exact) mass is 271 g/mol. The van der Waals surface area contributed by atoms with E-state index in [0.29, 0.717) is 6.04 Å². The summed E-state index contributed by atoms with van der Waals surface area (Å²) < 4.78 is 0. The Hall–Kier alpha value is -1.12. The highest BCUT2D eigenvalue weighted by Crippen LogP contribution is 2.29. The highest BCUT2D eigenvalue weighted by atomic mass is 32.1. The highest BCUT2D eigenvalue weighted by Gasteiger charge is 2.17. The van der Waals surface area contributed by atoms with Gasteiger partial charge in [-0.1, -0.05) is 25.1 Å². The van der Waals surface area contributed by atoms with Crippen molar-refractivity contribution in [2.75, 3.05) is 6.54 Å². The van der Waals surface area contributed by atoms with E-state index in [1.165, 1.54) is 36.8 Å². The lowest BCUT2D eigenvalue weighted by atomic mass is 9.97. The van der Waals surface area contributed by atoms with E-state index in [4.69, 9.17) is 0 Å². The number of aryl methyl sites for hydroxylation is 2. The normalized spacial score (nSPS) is 15.4. The van der Waals surface area contributed by atoms with Gasteiger partial charge in [-0.05, 0) is 71.3 Å². The first-order valence-corrected chi connectivity index (χ1v) is 8.20. The van der Waals surface area contributed by atoms with Crippen LogP contribution in [0.15, 0.2) is 35.0 Å². The predicted octanol–water partition coefficient (Wildman–Crippen LogP) is 4.33. The number of rotatable bonds is 5. The van der Waals surface area contributed by atoms with Crippen LogP contribution in [-0.4, -0.2) is 6.54 Å². The Bertz CT molecular complexity index is 530. The summed E-state index contributed by atoms with van der Waals surface area (Å²) >= 11 is 1.78. The minimum atomic E-state index is 0.358. The standard InChI is InChI=1S/C17H21NS/c1-2-9-18-17(16-8-10-19-12-16)15-7-6-13-4-3-5-14(13)11-15/h6-8,10-12,17-18H,2-5,9H2,1H3. The molecule has 3 rings (SSSR count). The largest absolute Gasteiger partial charge is 0.306 e. The molecule has 2 heteroatoms. The maximum absolute atomic E-state index is 3.69. The first-order valence-electron chi connectivity index (χ1n) is 7.25. The van der Waals surface area contributed by atoms with Crippen molar-refractivity contribution in [2.24, 2.45) is 0 Å². The Morgan fingerprint density at radius 1 is 1.16 bits per heavy atom. The zero-order valence-electron chi connectivity index (χ0n) is 11.5. The Morgan fingerprint density at radius 3 is 2.84 bits per heavy atom. The molecule has 0 bridgehead atoms. The molecule has 1 aromatic carbocycles. The second-order valence-electron chi connectivity index (χ2n) is 5.33. The highest BCUT2D eigenvalue weighted by molar-refractivity contribution is 7.08. The number of hydrogen-bond acceptors (Lipinski definition) is 2. The molecule has 0 radical (unpaired) electrons. The number of thiophene rings is 1. The van der Waals surface area contributed by atoms with Crippen molar-refractivity contribution in [3.05, 3.63) is 57.3 Å². The molecule has 1 aliphatic carbocycles. The van der Waals surface area contributed by atoms with Crippen LogP contribution in [0.2, 0.25) is 0 Å². The fourth-order valence-electron chi connectivity index (χ4n) is 2.93. The lowest BCUT2D eigenvalue weighted by molar-refractivity contribution is 0.599. The van der Waals surface area contributed by atoms with Crippen molar-refractivity contribution < 1.29 is 0 Å². The Morgan fingerprint density at radius 2 is 2.05 bits per heavy atom. The summed E-state index contributed by atoms with van der Waals surface area (Å²) in [6.07, 6.45) is 5.02. The van der Waals surface area contributed by atoms with Gasteiger partial charge in [-0.15, -0.1) is 0 Å². The van der Waals surface area contributed by atoms with Crippen molar-refractivity contribution >= 4 is 11.3 Å². The van der Waals surface area contributed by atoms with Gasteiger partial charge < -0.3 is 5.32 Å². The van der Waals surface area contributed by atoms with Crippen molar-refractivity contribution in [1.82, 2.24) is 5.32 Å². The summed E-state index contributed by atoms with van der Waals surface area (Å²) in [5.74, 6) is 0. The molecule has 1 aromatic heterocycles. The Balaban J connectivity index is 1.90. The second kappa shape index (κ2) is 5.89. The van der Waals surface area contributed by atoms with Gasteiger partial charge in [0.05, 0.1) is 6.04 Å². The smallest absolute Gasteiger partial charge is 0.0585 e. The minimum Gasteiger partial charge on any atom is -0.306 e. The fraction of sp³-hybridized carbons (Fsp3) is 0.412. The number of benzene rings is 1. The van der Waals surface area contributed by atoms with Gasteiger partial charge in [0.1, 0.15) is 0 Å². The zero-order valence-corrected chi connectivity index (χ0v) is 12.3. The number of fused-ring (bicyclic) bond motifs is 1. The maximum Gasteiger partial charge on any atom is 0.0585 e. The summed E-state index contributed by atoms with van der Waals surface area (Å²) in [5.41, 5.74) is 5.95. The van der Waals surface area contributed by atoms with Crippen LogP contribution in [0.5, 0.6) is 0 Å². The summed E-state index contributed by atoms with van der Waals surface area (Å²) in [6.45, 7) is 3.29. The van der Waals surface area contributed by atoms with Crippen LogP contribution >= 0.6 is 11.3 Å². The summed E-state index contributed by atoms with van der Waals surface area (Å²) in [7, 11) is 0. The quantitative estimate of drug-likeness (QED) is 0.853. The summed E-state index contributed by atoms with van der Waals surface area (Å²) in [6, 6.07) is 9.68. The molecule has 100 valence electrons. The molecule has 0 amide bonds. The van der Waals surface area contributed by atoms with Crippen LogP contribution in [0.1, 0.15) is 48.1 Å². The zero-order chi connectivity index (χ0) is 13.1. The topological polar surface area (TPSA) is 12.0 Å². The second-order valence-corrected chi connectivity index (χ2v) is 6.11. The van der Waals surface area contributed by atoms with Gasteiger partial charge in [0.2, 0.25) is 0 Å². The van der Waals surface area contributed by atoms with Crippen LogP contribution < -0.4 is 5.32 Å². The number of hydrogen-bond donors (Lipinski definition) is 1. The van der Waals surface area contributed by atoms with Crippen LogP contribution in [0.4, 0.5) is 0 Å². The molecule has 0 spiro atoms. The third-order valence-corrected chi connectivity index (χ3v) is 4.63. The molecule has 1 N–H and O–H groups in total. The van der Waals surface area contributed by atoms with E-state index in [9.17, 15) is 0 Å². The van der Waals surface area contributed by atoms with E-state index in [-0.39, 0.29) is 0 Å². The predicted molar refractivity (Wildman–Crippen MR) is 82.9 cm³/mol. The molecule has 2 aromatic rings. The van der Waals surface area contributed by atoms with E-state index < -0.39 is 0 Å². The van der Waals surface area contributed by atoms with Gasteiger partial charge in [-0.25, -0.2) is 0 Å². The minimum absolute atomic E-state index is 0.358. The average Bonchev–Trinajstić information content (AvgIpc) is 3.09. The Labute approximate surface area is 119 Å². The molecule has 1 aliphatic rings. The SMILES string of the molecule is CCCNC(c1ccsc1)c1ccc2c(c1)CCC2. The van der Waals surface area contributed by atoms with E-state index in [2.05, 4.69) is 47.3 Å². The lowest BCUT2D eigenvalue weighted by Crippen LogP contribution is -2.22. The van der Waals surface area contributed by atoms with Crippen molar-refractivity contribution in [3.8, 4) is 0 Å². The van der Waals surface area contributed by atoms with Crippen LogP contribution in [0, 0.1) is 0 Å². The first-order chi connectivity index (χ1) is 9.38. The molecular weight excluding hydrogens is 250 g/mol. The third kappa shape index (κ3) is 2.75. The van der Waals surface area contributed by atoms with Crippen LogP contribution in [0.25, 0.3) is 0 Å². The summed E-state index contributed by atoms with van der Waals surface area (Å²) in [5, 5.41) is 8.12. The van der Waals surface area contributed by atoms with Crippen LogP contribution in [-0.2, 0) is 12.8 Å². The van der Waals surface area contributed by atoms with Gasteiger partial charge in [-0.2, -0.15) is 11.3 Å². The van der Waals surface area contributed by atoms with E-state index in [0.717, 1.165) is 6.54 Å². The maximum atomic E-state index is 3.69. The van der Waals surface area contributed by atoms with Crippen LogP contribution in [0.3, 0.4) is 0 Å². The van der Waals surface area contributed by atoms with Gasteiger partial charge in [-0.3, -0.25) is 0 Å². The van der Waals surface area contributed by atoms with Gasteiger partial charge in [0, 0.05) is 0 Å². The van der Waals surface area contributed by atoms with Crippen molar-refractivity contribution in [3.63, 3.8) is 0 Å². The summed E-state index contributed by atoms with van der Waals surface area (Å²) in [4.78, 5) is 0. The molecule has 1 nitrogen and oxygen atoms in total. The van der Waals surface area contributed by atoms with Gasteiger partial charge in [0.15, 0.2) is 0 Å². The molecule has 0 saturated carbocycles. The fourth-order valence-corrected chi connectivity index (χ4v) is 3.61. The number of nitrogens with one attached hydrogen (secondary N) is 1. The molecule has 1 atom stereocenters. The molecule has 0 fully saturated rings. The third-order valence-electron chi connectivity index (χ3n) is 3.93. The van der Waals surface area contributed by atoms with E-state index in [1.807, 2.05) is 0 Å². The molecule has 1 heterocycles. The van der Waals surface area contributed by atoms with E-state index >= 15 is 0 Å². The van der Waals surface area contributed by atoms with Crippen molar-refractivity contribution in [2.45, 2.75) is 38.6 Å². The molecular formula is C17H21NS. The Kier molecular flexibility index (Phi) is 4.00. The molecule has 0 aliphatic heterocycles. The van der Waals surface area contributed by atoms with Gasteiger partial charge in [0.25, 0.3) is 0 Å². The molecule has 19 heavy (non-hydrogen) atoms. The first kappa shape index (κ1) is 12.9. The van der Waals surface area contributed by atoms with Gasteiger partial charge >= 0.3 is 0 Å². The lowest BCUT2D eigenvalue weighted by Gasteiger charge is -2.19. The average molecular weight is 271 g/mol. The molecule has 0 saturated heterocycles. The van der Waals surface area contributed by atoms with Crippen molar-refractivity contribution in [1.29, 1.82) is 0 Å².